The molecular formula is C14H20O3. The van der Waals surface area contributed by atoms with Crippen molar-refractivity contribution < 1.29 is 14.6 Å². The molecule has 3 nitrogen and oxygen atoms in total. The molecule has 0 aliphatic rings. The summed E-state index contributed by atoms with van der Waals surface area (Å²) < 4.78 is 5.57. The summed E-state index contributed by atoms with van der Waals surface area (Å²) in [7, 11) is 0. The van der Waals surface area contributed by atoms with E-state index in [-0.39, 0.29) is 6.42 Å². The van der Waals surface area contributed by atoms with Gasteiger partial charge in [0.25, 0.3) is 0 Å². The van der Waals surface area contributed by atoms with Crippen LogP contribution in [0.15, 0.2) is 18.2 Å². The van der Waals surface area contributed by atoms with Crippen molar-refractivity contribution >= 4 is 5.97 Å². The molecule has 0 heterocycles. The summed E-state index contributed by atoms with van der Waals surface area (Å²) in [5, 5.41) is 8.96. The van der Waals surface area contributed by atoms with Crippen LogP contribution in [0.4, 0.5) is 0 Å². The summed E-state index contributed by atoms with van der Waals surface area (Å²) in [6.07, 6.45) is 0.0938. The molecule has 0 amide bonds. The normalized spacial score (nSPS) is 11.3. The van der Waals surface area contributed by atoms with Crippen LogP contribution in [-0.2, 0) is 10.2 Å². The van der Waals surface area contributed by atoms with E-state index < -0.39 is 11.4 Å². The third-order valence-electron chi connectivity index (χ3n) is 2.76. The number of carboxylic acids is 1. The molecule has 0 atom stereocenters. The first-order chi connectivity index (χ1) is 7.86. The number of rotatable bonds is 5. The molecule has 1 N–H and O–H groups in total. The SMILES string of the molecule is CCOc1ccc(C)cc1C(C)(C)CC(=O)O. The molecule has 0 fully saturated rings. The van der Waals surface area contributed by atoms with E-state index in [9.17, 15) is 4.79 Å². The molecule has 0 aliphatic heterocycles. The first-order valence-corrected chi connectivity index (χ1v) is 5.82. The Morgan fingerprint density at radius 2 is 2.06 bits per heavy atom. The zero-order valence-corrected chi connectivity index (χ0v) is 10.9. The molecule has 1 aromatic carbocycles. The van der Waals surface area contributed by atoms with E-state index in [1.807, 2.05) is 45.9 Å². The van der Waals surface area contributed by atoms with Crippen molar-refractivity contribution in [1.82, 2.24) is 0 Å². The number of benzene rings is 1. The van der Waals surface area contributed by atoms with E-state index in [2.05, 4.69) is 0 Å². The second-order valence-electron chi connectivity index (χ2n) is 4.89. The lowest BCUT2D eigenvalue weighted by Gasteiger charge is -2.26. The molecule has 1 rings (SSSR count). The molecule has 1 aromatic rings. The van der Waals surface area contributed by atoms with Gasteiger partial charge in [-0.1, -0.05) is 31.5 Å². The van der Waals surface area contributed by atoms with Gasteiger partial charge in [-0.2, -0.15) is 0 Å². The fraction of sp³-hybridized carbons (Fsp3) is 0.500. The first-order valence-electron chi connectivity index (χ1n) is 5.82. The van der Waals surface area contributed by atoms with Crippen molar-refractivity contribution in [2.45, 2.75) is 39.5 Å². The van der Waals surface area contributed by atoms with Crippen molar-refractivity contribution in [3.63, 3.8) is 0 Å². The number of ether oxygens (including phenoxy) is 1. The number of aryl methyl sites for hydroxylation is 1. The minimum Gasteiger partial charge on any atom is -0.494 e. The number of carbonyl (C=O) groups is 1. The molecular weight excluding hydrogens is 216 g/mol. The smallest absolute Gasteiger partial charge is 0.304 e. The van der Waals surface area contributed by atoms with Gasteiger partial charge in [0, 0.05) is 11.0 Å². The fourth-order valence-electron chi connectivity index (χ4n) is 1.93. The number of carboxylic acid groups (broad SMARTS) is 1. The highest BCUT2D eigenvalue weighted by Gasteiger charge is 2.27. The highest BCUT2D eigenvalue weighted by molar-refractivity contribution is 5.69. The van der Waals surface area contributed by atoms with Gasteiger partial charge in [-0.15, -0.1) is 0 Å². The Balaban J connectivity index is 3.17. The summed E-state index contributed by atoms with van der Waals surface area (Å²) in [4.78, 5) is 10.9. The number of hydrogen-bond donors (Lipinski definition) is 1. The predicted molar refractivity (Wildman–Crippen MR) is 67.6 cm³/mol. The number of aliphatic carboxylic acids is 1. The predicted octanol–water partition coefficient (Wildman–Crippen LogP) is 3.15. The Morgan fingerprint density at radius 3 is 2.59 bits per heavy atom. The molecule has 3 heteroatoms. The molecule has 0 bridgehead atoms. The van der Waals surface area contributed by atoms with Crippen LogP contribution >= 0.6 is 0 Å². The van der Waals surface area contributed by atoms with Crippen LogP contribution in [0.3, 0.4) is 0 Å². The zero-order chi connectivity index (χ0) is 13.1. The lowest BCUT2D eigenvalue weighted by atomic mass is 9.80. The molecule has 0 radical (unpaired) electrons. The maximum atomic E-state index is 10.9. The third-order valence-corrected chi connectivity index (χ3v) is 2.76. The lowest BCUT2D eigenvalue weighted by molar-refractivity contribution is -0.138. The Bertz CT molecular complexity index is 408. The minimum atomic E-state index is -0.793. The monoisotopic (exact) mass is 236 g/mol. The first kappa shape index (κ1) is 13.6. The van der Waals surface area contributed by atoms with Crippen molar-refractivity contribution in [2.24, 2.45) is 0 Å². The number of hydrogen-bond acceptors (Lipinski definition) is 2. The van der Waals surface area contributed by atoms with Gasteiger partial charge in [-0.05, 0) is 19.9 Å². The fourth-order valence-corrected chi connectivity index (χ4v) is 1.93. The molecule has 0 saturated heterocycles. The van der Waals surface area contributed by atoms with E-state index in [1.54, 1.807) is 0 Å². The van der Waals surface area contributed by atoms with Crippen molar-refractivity contribution in [3.05, 3.63) is 29.3 Å². The Morgan fingerprint density at radius 1 is 1.41 bits per heavy atom. The van der Waals surface area contributed by atoms with Gasteiger partial charge in [0.1, 0.15) is 5.75 Å². The molecule has 0 aromatic heterocycles. The average molecular weight is 236 g/mol. The van der Waals surface area contributed by atoms with Crippen LogP contribution in [0.1, 0.15) is 38.3 Å². The van der Waals surface area contributed by atoms with E-state index in [4.69, 9.17) is 9.84 Å². The quantitative estimate of drug-likeness (QED) is 0.854. The van der Waals surface area contributed by atoms with Crippen LogP contribution in [0, 0.1) is 6.92 Å². The highest BCUT2D eigenvalue weighted by Crippen LogP contribution is 2.35. The molecule has 0 unspecified atom stereocenters. The molecule has 17 heavy (non-hydrogen) atoms. The van der Waals surface area contributed by atoms with Gasteiger partial charge in [-0.25, -0.2) is 0 Å². The average Bonchev–Trinajstić information content (AvgIpc) is 2.19. The maximum Gasteiger partial charge on any atom is 0.304 e. The lowest BCUT2D eigenvalue weighted by Crippen LogP contribution is -2.22. The van der Waals surface area contributed by atoms with Crippen LogP contribution in [0.5, 0.6) is 5.75 Å². The molecule has 94 valence electrons. The maximum absolute atomic E-state index is 10.9. The van der Waals surface area contributed by atoms with Crippen molar-refractivity contribution in [3.8, 4) is 5.75 Å². The van der Waals surface area contributed by atoms with E-state index >= 15 is 0 Å². The van der Waals surface area contributed by atoms with E-state index in [0.717, 1.165) is 16.9 Å². The largest absolute Gasteiger partial charge is 0.494 e. The van der Waals surface area contributed by atoms with Gasteiger partial charge in [-0.3, -0.25) is 4.79 Å². The van der Waals surface area contributed by atoms with E-state index in [1.165, 1.54) is 0 Å². The Kier molecular flexibility index (Phi) is 4.16. The van der Waals surface area contributed by atoms with Gasteiger partial charge in [0.05, 0.1) is 13.0 Å². The Hall–Kier alpha value is -1.51. The van der Waals surface area contributed by atoms with Gasteiger partial charge < -0.3 is 9.84 Å². The topological polar surface area (TPSA) is 46.5 Å². The van der Waals surface area contributed by atoms with Crippen LogP contribution in [-0.4, -0.2) is 17.7 Å². The van der Waals surface area contributed by atoms with Gasteiger partial charge >= 0.3 is 5.97 Å². The van der Waals surface area contributed by atoms with Crippen LogP contribution in [0.2, 0.25) is 0 Å². The van der Waals surface area contributed by atoms with Crippen molar-refractivity contribution in [1.29, 1.82) is 0 Å². The minimum absolute atomic E-state index is 0.0938. The Labute approximate surface area is 102 Å². The van der Waals surface area contributed by atoms with Gasteiger partial charge in [0.2, 0.25) is 0 Å². The van der Waals surface area contributed by atoms with E-state index in [0.29, 0.717) is 6.61 Å². The van der Waals surface area contributed by atoms with Crippen LogP contribution < -0.4 is 4.74 Å². The molecule has 0 saturated carbocycles. The van der Waals surface area contributed by atoms with Crippen LogP contribution in [0.25, 0.3) is 0 Å². The summed E-state index contributed by atoms with van der Waals surface area (Å²) >= 11 is 0. The summed E-state index contributed by atoms with van der Waals surface area (Å²) in [5.41, 5.74) is 1.64. The van der Waals surface area contributed by atoms with Gasteiger partial charge in [0.15, 0.2) is 0 Å². The zero-order valence-electron chi connectivity index (χ0n) is 10.9. The molecule has 0 aliphatic carbocycles. The standard InChI is InChI=1S/C14H20O3/c1-5-17-12-7-6-10(2)8-11(12)14(3,4)9-13(15)16/h6-8H,5,9H2,1-4H3,(H,15,16). The summed E-state index contributed by atoms with van der Waals surface area (Å²) in [6, 6.07) is 5.90. The molecule has 0 spiro atoms. The third kappa shape index (κ3) is 3.48. The second-order valence-corrected chi connectivity index (χ2v) is 4.89. The van der Waals surface area contributed by atoms with Crippen molar-refractivity contribution in [2.75, 3.05) is 6.61 Å². The highest BCUT2D eigenvalue weighted by atomic mass is 16.5. The summed E-state index contributed by atoms with van der Waals surface area (Å²) in [5.74, 6) is -0.0108. The summed E-state index contributed by atoms with van der Waals surface area (Å²) in [6.45, 7) is 8.36. The second kappa shape index (κ2) is 5.21.